The van der Waals surface area contributed by atoms with Crippen LogP contribution in [0.5, 0.6) is 0 Å². The number of halogens is 1. The minimum absolute atomic E-state index is 0.0120. The van der Waals surface area contributed by atoms with E-state index in [-0.39, 0.29) is 11.5 Å². The van der Waals surface area contributed by atoms with Gasteiger partial charge in [0.05, 0.1) is 5.56 Å². The zero-order valence-electron chi connectivity index (χ0n) is 13.5. The van der Waals surface area contributed by atoms with Crippen molar-refractivity contribution in [2.24, 2.45) is 0 Å². The number of hydrogen-bond donors (Lipinski definition) is 1. The van der Waals surface area contributed by atoms with Gasteiger partial charge in [0.1, 0.15) is 5.82 Å². The molecule has 1 aliphatic heterocycles. The van der Waals surface area contributed by atoms with Crippen molar-refractivity contribution in [2.75, 3.05) is 11.9 Å². The molecule has 0 unspecified atom stereocenters. The molecular weight excluding hydrogens is 307 g/mol. The third kappa shape index (κ3) is 3.30. The average Bonchev–Trinajstić information content (AvgIpc) is 2.60. The van der Waals surface area contributed by atoms with Crippen molar-refractivity contribution in [3.8, 4) is 0 Å². The maximum Gasteiger partial charge on any atom is 0.258 e. The highest BCUT2D eigenvalue weighted by Crippen LogP contribution is 2.23. The van der Waals surface area contributed by atoms with E-state index < -0.39 is 11.7 Å². The molecule has 1 aliphatic rings. The molecule has 1 heterocycles. The molecule has 5 heteroatoms. The summed E-state index contributed by atoms with van der Waals surface area (Å²) in [6, 6.07) is 11.5. The van der Waals surface area contributed by atoms with E-state index in [0.29, 0.717) is 18.7 Å². The van der Waals surface area contributed by atoms with Crippen molar-refractivity contribution in [3.05, 3.63) is 65.0 Å². The Morgan fingerprint density at radius 2 is 1.96 bits per heavy atom. The average molecular weight is 326 g/mol. The maximum atomic E-state index is 13.7. The van der Waals surface area contributed by atoms with Crippen molar-refractivity contribution < 1.29 is 14.0 Å². The van der Waals surface area contributed by atoms with Crippen molar-refractivity contribution in [1.82, 2.24) is 4.90 Å². The van der Waals surface area contributed by atoms with Crippen LogP contribution in [-0.2, 0) is 17.8 Å². The Bertz CT molecular complexity index is 789. The Kier molecular flexibility index (Phi) is 4.60. The second-order valence-corrected chi connectivity index (χ2v) is 5.84. The lowest BCUT2D eigenvalue weighted by Crippen LogP contribution is -2.35. The predicted octanol–water partition coefficient (Wildman–Crippen LogP) is 3.37. The lowest BCUT2D eigenvalue weighted by atomic mass is 9.98. The van der Waals surface area contributed by atoms with E-state index in [1.54, 1.807) is 12.1 Å². The monoisotopic (exact) mass is 326 g/mol. The van der Waals surface area contributed by atoms with Crippen LogP contribution in [0.4, 0.5) is 10.1 Å². The number of nitrogens with one attached hydrogen (secondary N) is 1. The molecule has 0 aliphatic carbocycles. The van der Waals surface area contributed by atoms with Gasteiger partial charge in [0.25, 0.3) is 5.91 Å². The van der Waals surface area contributed by atoms with Gasteiger partial charge in [0.15, 0.2) is 0 Å². The molecule has 0 saturated carbocycles. The second-order valence-electron chi connectivity index (χ2n) is 5.84. The van der Waals surface area contributed by atoms with Gasteiger partial charge >= 0.3 is 0 Å². The van der Waals surface area contributed by atoms with Gasteiger partial charge in [-0.3, -0.25) is 9.59 Å². The molecule has 0 atom stereocenters. The quantitative estimate of drug-likeness (QED) is 0.940. The number of anilines is 1. The van der Waals surface area contributed by atoms with Crippen molar-refractivity contribution in [3.63, 3.8) is 0 Å². The van der Waals surface area contributed by atoms with E-state index in [1.165, 1.54) is 17.7 Å². The number of amides is 2. The minimum Gasteiger partial charge on any atom is -0.338 e. The van der Waals surface area contributed by atoms with Crippen LogP contribution in [0.3, 0.4) is 0 Å². The molecule has 4 nitrogen and oxygen atoms in total. The van der Waals surface area contributed by atoms with Crippen LogP contribution in [0.25, 0.3) is 0 Å². The number of carbonyl (C=O) groups is 2. The highest BCUT2D eigenvalue weighted by Gasteiger charge is 2.20. The van der Waals surface area contributed by atoms with Crippen LogP contribution in [-0.4, -0.2) is 23.3 Å². The number of rotatable bonds is 3. The summed E-state index contributed by atoms with van der Waals surface area (Å²) in [5.41, 5.74) is 2.82. The molecule has 2 amide bonds. The molecule has 3 rings (SSSR count). The van der Waals surface area contributed by atoms with E-state index >= 15 is 0 Å². The van der Waals surface area contributed by atoms with Gasteiger partial charge in [-0.1, -0.05) is 25.1 Å². The first-order valence-corrected chi connectivity index (χ1v) is 8.04. The van der Waals surface area contributed by atoms with Crippen LogP contribution in [0.2, 0.25) is 0 Å². The molecule has 0 radical (unpaired) electrons. The van der Waals surface area contributed by atoms with Crippen molar-refractivity contribution in [1.29, 1.82) is 0 Å². The summed E-state index contributed by atoms with van der Waals surface area (Å²) in [5, 5.41) is 2.72. The number of fused-ring (bicyclic) bond motifs is 1. The van der Waals surface area contributed by atoms with Gasteiger partial charge in [0, 0.05) is 25.2 Å². The summed E-state index contributed by atoms with van der Waals surface area (Å²) in [4.78, 5) is 25.9. The van der Waals surface area contributed by atoms with E-state index in [0.717, 1.165) is 18.5 Å². The topological polar surface area (TPSA) is 49.4 Å². The number of hydrogen-bond acceptors (Lipinski definition) is 2. The summed E-state index contributed by atoms with van der Waals surface area (Å²) >= 11 is 0. The standard InChI is InChI=1S/C19H19FN2O2/c1-2-18(23)22-10-9-13-7-8-15(11-14(13)12-22)21-19(24)16-5-3-4-6-17(16)20/h3-8,11H,2,9-10,12H2,1H3,(H,21,24). The smallest absolute Gasteiger partial charge is 0.258 e. The largest absolute Gasteiger partial charge is 0.338 e. The maximum absolute atomic E-state index is 13.7. The van der Waals surface area contributed by atoms with Crippen LogP contribution in [0, 0.1) is 5.82 Å². The zero-order valence-corrected chi connectivity index (χ0v) is 13.5. The van der Waals surface area contributed by atoms with Crippen LogP contribution < -0.4 is 5.32 Å². The fraction of sp³-hybridized carbons (Fsp3) is 0.263. The summed E-state index contributed by atoms with van der Waals surface area (Å²) in [6.07, 6.45) is 1.29. The van der Waals surface area contributed by atoms with E-state index in [2.05, 4.69) is 5.32 Å². The molecule has 0 saturated heterocycles. The van der Waals surface area contributed by atoms with Crippen LogP contribution >= 0.6 is 0 Å². The van der Waals surface area contributed by atoms with Gasteiger partial charge in [-0.2, -0.15) is 0 Å². The molecule has 2 aromatic rings. The van der Waals surface area contributed by atoms with Gasteiger partial charge in [-0.15, -0.1) is 0 Å². The molecule has 0 bridgehead atoms. The lowest BCUT2D eigenvalue weighted by Gasteiger charge is -2.29. The lowest BCUT2D eigenvalue weighted by molar-refractivity contribution is -0.131. The van der Waals surface area contributed by atoms with Crippen molar-refractivity contribution in [2.45, 2.75) is 26.3 Å². The van der Waals surface area contributed by atoms with Crippen molar-refractivity contribution >= 4 is 17.5 Å². The zero-order chi connectivity index (χ0) is 17.1. The van der Waals surface area contributed by atoms with Gasteiger partial charge in [0.2, 0.25) is 5.91 Å². The third-order valence-electron chi connectivity index (χ3n) is 4.25. The van der Waals surface area contributed by atoms with Gasteiger partial charge < -0.3 is 10.2 Å². The Balaban J connectivity index is 1.78. The highest BCUT2D eigenvalue weighted by atomic mass is 19.1. The molecular formula is C19H19FN2O2. The number of benzene rings is 2. The first-order chi connectivity index (χ1) is 11.6. The van der Waals surface area contributed by atoms with Gasteiger partial charge in [-0.25, -0.2) is 4.39 Å². The van der Waals surface area contributed by atoms with Gasteiger partial charge in [-0.05, 0) is 41.8 Å². The van der Waals surface area contributed by atoms with Crippen LogP contribution in [0.15, 0.2) is 42.5 Å². The molecule has 0 aromatic heterocycles. The van der Waals surface area contributed by atoms with E-state index in [4.69, 9.17) is 0 Å². The fourth-order valence-electron chi connectivity index (χ4n) is 2.92. The van der Waals surface area contributed by atoms with Crippen LogP contribution in [0.1, 0.15) is 34.8 Å². The van der Waals surface area contributed by atoms with E-state index in [9.17, 15) is 14.0 Å². The second kappa shape index (κ2) is 6.83. The Hall–Kier alpha value is -2.69. The Labute approximate surface area is 140 Å². The third-order valence-corrected chi connectivity index (χ3v) is 4.25. The summed E-state index contributed by atoms with van der Waals surface area (Å²) < 4.78 is 13.7. The number of carbonyl (C=O) groups excluding carboxylic acids is 2. The number of nitrogens with zero attached hydrogens (tertiary/aromatic N) is 1. The van der Waals surface area contributed by atoms with E-state index in [1.807, 2.05) is 30.0 Å². The molecule has 124 valence electrons. The molecule has 0 fully saturated rings. The highest BCUT2D eigenvalue weighted by molar-refractivity contribution is 6.04. The normalized spacial score (nSPS) is 13.3. The SMILES string of the molecule is CCC(=O)N1CCc2ccc(NC(=O)c3ccccc3F)cc2C1. The molecule has 2 aromatic carbocycles. The Morgan fingerprint density at radius 1 is 1.17 bits per heavy atom. The Morgan fingerprint density at radius 3 is 2.71 bits per heavy atom. The molecule has 1 N–H and O–H groups in total. The summed E-state index contributed by atoms with van der Waals surface area (Å²) in [5.74, 6) is -0.903. The summed E-state index contributed by atoms with van der Waals surface area (Å²) in [6.45, 7) is 3.12. The first kappa shape index (κ1) is 16.2. The summed E-state index contributed by atoms with van der Waals surface area (Å²) in [7, 11) is 0. The predicted molar refractivity (Wildman–Crippen MR) is 90.2 cm³/mol. The minimum atomic E-state index is -0.548. The fourth-order valence-corrected chi connectivity index (χ4v) is 2.92. The molecule has 24 heavy (non-hydrogen) atoms. The molecule has 0 spiro atoms. The first-order valence-electron chi connectivity index (χ1n) is 8.04.